The number of rotatable bonds is 6. The monoisotopic (exact) mass is 362 g/mol. The number of hydrogen-bond acceptors (Lipinski definition) is 5. The maximum atomic E-state index is 11.7. The van der Waals surface area contributed by atoms with Crippen LogP contribution >= 0.6 is 0 Å². The molecule has 0 unspecified atom stereocenters. The van der Waals surface area contributed by atoms with E-state index < -0.39 is 18.3 Å². The van der Waals surface area contributed by atoms with Crippen molar-refractivity contribution in [1.82, 2.24) is 0 Å². The third-order valence-electron chi connectivity index (χ3n) is 5.64. The van der Waals surface area contributed by atoms with Gasteiger partial charge in [-0.15, -0.1) is 0 Å². The van der Waals surface area contributed by atoms with Crippen molar-refractivity contribution in [3.8, 4) is 5.75 Å². The third kappa shape index (κ3) is 4.07. The second kappa shape index (κ2) is 7.61. The summed E-state index contributed by atoms with van der Waals surface area (Å²) in [4.78, 5) is 11.7. The van der Waals surface area contributed by atoms with Crippen LogP contribution in [-0.4, -0.2) is 38.5 Å². The smallest absolute Gasteiger partial charge is 0.497 e. The van der Waals surface area contributed by atoms with E-state index in [1.54, 1.807) is 7.11 Å². The minimum absolute atomic E-state index is 0.155. The van der Waals surface area contributed by atoms with Crippen LogP contribution in [0.5, 0.6) is 5.75 Å². The molecule has 0 aromatic heterocycles. The third-order valence-corrected chi connectivity index (χ3v) is 5.64. The van der Waals surface area contributed by atoms with Crippen LogP contribution in [0.2, 0.25) is 0 Å². The Morgan fingerprint density at radius 2 is 1.69 bits per heavy atom. The van der Waals surface area contributed by atoms with Gasteiger partial charge >= 0.3 is 13.1 Å². The molecule has 2 rings (SSSR count). The first-order chi connectivity index (χ1) is 12.0. The number of carbonyl (C=O) groups excluding carboxylic acids is 1. The van der Waals surface area contributed by atoms with Crippen LogP contribution in [0.15, 0.2) is 18.2 Å². The molecule has 1 aliphatic heterocycles. The minimum Gasteiger partial charge on any atom is -0.497 e. The molecule has 0 saturated carbocycles. The molecular formula is C20H31BO5. The molecule has 2 atom stereocenters. The predicted octanol–water partition coefficient (Wildman–Crippen LogP) is 3.30. The Balaban J connectivity index is 2.28. The predicted molar refractivity (Wildman–Crippen MR) is 103 cm³/mol. The molecule has 1 saturated heterocycles. The average molecular weight is 362 g/mol. The number of esters is 1. The van der Waals surface area contributed by atoms with Crippen LogP contribution < -0.4 is 10.2 Å². The summed E-state index contributed by atoms with van der Waals surface area (Å²) >= 11 is 0. The highest BCUT2D eigenvalue weighted by atomic mass is 16.7. The number of methoxy groups -OCH3 is 2. The Hall–Kier alpha value is -1.53. The summed E-state index contributed by atoms with van der Waals surface area (Å²) < 4.78 is 22.7. The van der Waals surface area contributed by atoms with Gasteiger partial charge in [-0.1, -0.05) is 26.0 Å². The normalized spacial score (nSPS) is 20.5. The summed E-state index contributed by atoms with van der Waals surface area (Å²) in [7, 11) is 2.58. The summed E-state index contributed by atoms with van der Waals surface area (Å²) in [6, 6.07) is 6.03. The van der Waals surface area contributed by atoms with Crippen molar-refractivity contribution in [2.45, 2.75) is 65.1 Å². The van der Waals surface area contributed by atoms with Gasteiger partial charge in [-0.3, -0.25) is 4.79 Å². The summed E-state index contributed by atoms with van der Waals surface area (Å²) in [5.74, 6) is 0.589. The molecule has 144 valence electrons. The van der Waals surface area contributed by atoms with E-state index in [-0.39, 0.29) is 17.8 Å². The van der Waals surface area contributed by atoms with E-state index in [1.807, 2.05) is 46.8 Å². The highest BCUT2D eigenvalue weighted by molar-refractivity contribution is 6.63. The molecule has 1 aromatic carbocycles. The van der Waals surface area contributed by atoms with E-state index in [0.717, 1.165) is 16.8 Å². The Morgan fingerprint density at radius 1 is 1.12 bits per heavy atom. The second-order valence-corrected chi connectivity index (χ2v) is 8.15. The molecule has 1 heterocycles. The van der Waals surface area contributed by atoms with Crippen molar-refractivity contribution in [2.24, 2.45) is 5.92 Å². The number of carbonyl (C=O) groups is 1. The van der Waals surface area contributed by atoms with E-state index in [1.165, 1.54) is 7.11 Å². The first kappa shape index (κ1) is 20.8. The highest BCUT2D eigenvalue weighted by Gasteiger charge is 2.52. The lowest BCUT2D eigenvalue weighted by Gasteiger charge is -2.32. The van der Waals surface area contributed by atoms with Crippen LogP contribution in [-0.2, 0) is 18.8 Å². The van der Waals surface area contributed by atoms with E-state index in [9.17, 15) is 4.79 Å². The summed E-state index contributed by atoms with van der Waals surface area (Å²) in [5, 5.41) is 0. The lowest BCUT2D eigenvalue weighted by molar-refractivity contribution is -0.145. The summed E-state index contributed by atoms with van der Waals surface area (Å²) in [6.07, 6.45) is 0.710. The quantitative estimate of drug-likeness (QED) is 0.574. The highest BCUT2D eigenvalue weighted by Crippen LogP contribution is 2.37. The van der Waals surface area contributed by atoms with Crippen LogP contribution in [0.25, 0.3) is 0 Å². The van der Waals surface area contributed by atoms with Gasteiger partial charge < -0.3 is 18.8 Å². The zero-order chi connectivity index (χ0) is 19.7. The second-order valence-electron chi connectivity index (χ2n) is 8.15. The van der Waals surface area contributed by atoms with Gasteiger partial charge in [0.1, 0.15) is 5.75 Å². The molecule has 0 spiro atoms. The molecule has 0 aliphatic carbocycles. The Kier molecular flexibility index (Phi) is 6.08. The van der Waals surface area contributed by atoms with Gasteiger partial charge in [0.25, 0.3) is 0 Å². The lowest BCUT2D eigenvalue weighted by atomic mass is 9.76. The molecule has 6 heteroatoms. The number of ether oxygens (including phenoxy) is 2. The van der Waals surface area contributed by atoms with Gasteiger partial charge in [0, 0.05) is 5.46 Å². The topological polar surface area (TPSA) is 54.0 Å². The van der Waals surface area contributed by atoms with Crippen molar-refractivity contribution in [3.63, 3.8) is 0 Å². The SMILES string of the molecule is COC(=O)[C@H](C)C[C@@H](C)c1ccc(OC)c(B2OC(C)(C)C(C)(C)O2)c1. The van der Waals surface area contributed by atoms with E-state index >= 15 is 0 Å². The fraction of sp³-hybridized carbons (Fsp3) is 0.650. The minimum atomic E-state index is -0.486. The van der Waals surface area contributed by atoms with Crippen LogP contribution in [0, 0.1) is 5.92 Å². The maximum Gasteiger partial charge on any atom is 0.498 e. The van der Waals surface area contributed by atoms with Gasteiger partial charge in [0.05, 0.1) is 31.3 Å². The fourth-order valence-electron chi connectivity index (χ4n) is 3.18. The maximum absolute atomic E-state index is 11.7. The van der Waals surface area contributed by atoms with E-state index in [2.05, 4.69) is 13.0 Å². The molecule has 5 nitrogen and oxygen atoms in total. The van der Waals surface area contributed by atoms with Gasteiger partial charge in [0.15, 0.2) is 0 Å². The van der Waals surface area contributed by atoms with Gasteiger partial charge in [-0.05, 0) is 51.7 Å². The molecule has 0 bridgehead atoms. The number of hydrogen-bond donors (Lipinski definition) is 0. The van der Waals surface area contributed by atoms with E-state index in [0.29, 0.717) is 6.42 Å². The summed E-state index contributed by atoms with van der Waals surface area (Å²) in [6.45, 7) is 12.1. The van der Waals surface area contributed by atoms with Crippen molar-refractivity contribution in [1.29, 1.82) is 0 Å². The van der Waals surface area contributed by atoms with Crippen molar-refractivity contribution < 1.29 is 23.6 Å². The van der Waals surface area contributed by atoms with E-state index in [4.69, 9.17) is 18.8 Å². The van der Waals surface area contributed by atoms with Crippen LogP contribution in [0.3, 0.4) is 0 Å². The Morgan fingerprint density at radius 3 is 2.19 bits per heavy atom. The molecular weight excluding hydrogens is 331 g/mol. The molecule has 1 aliphatic rings. The van der Waals surface area contributed by atoms with Crippen LogP contribution in [0.4, 0.5) is 0 Å². The largest absolute Gasteiger partial charge is 0.498 e. The van der Waals surface area contributed by atoms with Crippen molar-refractivity contribution >= 4 is 18.6 Å². The first-order valence-electron chi connectivity index (χ1n) is 9.13. The zero-order valence-electron chi connectivity index (χ0n) is 17.2. The molecule has 0 radical (unpaired) electrons. The Labute approximate surface area is 157 Å². The fourth-order valence-corrected chi connectivity index (χ4v) is 3.18. The average Bonchev–Trinajstić information content (AvgIpc) is 2.80. The number of benzene rings is 1. The molecule has 1 aromatic rings. The molecule has 0 amide bonds. The van der Waals surface area contributed by atoms with Gasteiger partial charge in [-0.25, -0.2) is 0 Å². The molecule has 1 fully saturated rings. The van der Waals surface area contributed by atoms with Crippen LogP contribution in [0.1, 0.15) is 59.4 Å². The van der Waals surface area contributed by atoms with Gasteiger partial charge in [-0.2, -0.15) is 0 Å². The standard InChI is InChI=1S/C20H31BO5/c1-13(11-14(2)18(22)24-8)15-9-10-17(23-7)16(12-15)21-25-19(3,4)20(5,6)26-21/h9-10,12-14H,11H2,1-8H3/t13-,14-/m1/s1. The molecule has 0 N–H and O–H groups in total. The van der Waals surface area contributed by atoms with Crippen molar-refractivity contribution in [3.05, 3.63) is 23.8 Å². The lowest BCUT2D eigenvalue weighted by Crippen LogP contribution is -2.41. The summed E-state index contributed by atoms with van der Waals surface area (Å²) in [5.41, 5.74) is 1.17. The zero-order valence-corrected chi connectivity index (χ0v) is 17.2. The van der Waals surface area contributed by atoms with Gasteiger partial charge in [0.2, 0.25) is 0 Å². The first-order valence-corrected chi connectivity index (χ1v) is 9.13. The molecule has 26 heavy (non-hydrogen) atoms. The Bertz CT molecular complexity index is 640. The van der Waals surface area contributed by atoms with Crippen molar-refractivity contribution in [2.75, 3.05) is 14.2 Å².